The van der Waals surface area contributed by atoms with Crippen LogP contribution in [0.2, 0.25) is 0 Å². The molecule has 0 heterocycles. The average molecular weight is 278 g/mol. The first-order valence-electron chi connectivity index (χ1n) is 4.92. The number of aliphatic hydroxyl groups excluding tert-OH is 1. The summed E-state index contributed by atoms with van der Waals surface area (Å²) in [5.41, 5.74) is -0.0384. The van der Waals surface area contributed by atoms with E-state index in [0.717, 1.165) is 0 Å². The lowest BCUT2D eigenvalue weighted by atomic mass is 10.3. The number of nitro groups is 1. The van der Waals surface area contributed by atoms with E-state index >= 15 is 0 Å². The number of non-ortho nitro benzene ring substituents is 1. The molecule has 0 saturated heterocycles. The van der Waals surface area contributed by atoms with Gasteiger partial charge in [0.2, 0.25) is 0 Å². The lowest BCUT2D eigenvalue weighted by Gasteiger charge is -2.07. The molecule has 2 unspecified atom stereocenters. The predicted molar refractivity (Wildman–Crippen MR) is 65.7 cm³/mol. The Balaban J connectivity index is 2.66. The third-order valence-corrected chi connectivity index (χ3v) is 4.14. The van der Waals surface area contributed by atoms with E-state index in [2.05, 4.69) is 0 Å². The highest BCUT2D eigenvalue weighted by Gasteiger charge is 2.12. The van der Waals surface area contributed by atoms with E-state index in [4.69, 9.17) is 16.7 Å². The minimum Gasteiger partial charge on any atom is -0.396 e. The second-order valence-corrected chi connectivity index (χ2v) is 5.49. The third kappa shape index (κ3) is 4.41. The number of halogens is 1. The van der Waals surface area contributed by atoms with Crippen LogP contribution in [0.4, 0.5) is 5.69 Å². The van der Waals surface area contributed by atoms with Crippen molar-refractivity contribution in [2.24, 2.45) is 0 Å². The van der Waals surface area contributed by atoms with Crippen LogP contribution in [-0.2, 0) is 10.8 Å². The van der Waals surface area contributed by atoms with Gasteiger partial charge < -0.3 is 5.11 Å². The molecule has 0 aliphatic rings. The van der Waals surface area contributed by atoms with Gasteiger partial charge in [-0.1, -0.05) is 0 Å². The van der Waals surface area contributed by atoms with Crippen molar-refractivity contribution in [2.75, 3.05) is 12.4 Å². The summed E-state index contributed by atoms with van der Waals surface area (Å²) in [5, 5.41) is 18.7. The van der Waals surface area contributed by atoms with E-state index in [1.54, 1.807) is 0 Å². The monoisotopic (exact) mass is 277 g/mol. The molecule has 0 aromatic heterocycles. The van der Waals surface area contributed by atoms with Crippen molar-refractivity contribution in [3.63, 3.8) is 0 Å². The first-order valence-corrected chi connectivity index (χ1v) is 6.68. The predicted octanol–water partition coefficient (Wildman–Crippen LogP) is 1.69. The lowest BCUT2D eigenvalue weighted by molar-refractivity contribution is -0.384. The zero-order valence-corrected chi connectivity index (χ0v) is 10.5. The zero-order chi connectivity index (χ0) is 12.8. The summed E-state index contributed by atoms with van der Waals surface area (Å²) in [5.74, 6) is 0.222. The molecule has 1 rings (SSSR count). The zero-order valence-electron chi connectivity index (χ0n) is 8.91. The topological polar surface area (TPSA) is 80.4 Å². The van der Waals surface area contributed by atoms with Gasteiger partial charge in [0.25, 0.3) is 5.69 Å². The maximum Gasteiger partial charge on any atom is 0.269 e. The lowest BCUT2D eigenvalue weighted by Crippen LogP contribution is -2.12. The summed E-state index contributed by atoms with van der Waals surface area (Å²) in [6, 6.07) is 5.53. The normalized spacial score (nSPS) is 14.2. The minimum absolute atomic E-state index is 0.0384. The molecule has 0 bridgehead atoms. The van der Waals surface area contributed by atoms with Crippen molar-refractivity contribution in [1.29, 1.82) is 0 Å². The summed E-state index contributed by atoms with van der Waals surface area (Å²) in [6.45, 7) is -0.0500. The van der Waals surface area contributed by atoms with Crippen LogP contribution in [0.15, 0.2) is 29.2 Å². The van der Waals surface area contributed by atoms with Crippen molar-refractivity contribution in [3.05, 3.63) is 34.4 Å². The van der Waals surface area contributed by atoms with Crippen LogP contribution in [0.3, 0.4) is 0 Å². The maximum atomic E-state index is 11.8. The molecule has 0 amide bonds. The SMILES string of the molecule is O=[N+]([O-])c1ccc(S(=O)CC(Cl)CCO)cc1. The number of hydrogen-bond acceptors (Lipinski definition) is 4. The summed E-state index contributed by atoms with van der Waals surface area (Å²) in [4.78, 5) is 10.4. The molecular weight excluding hydrogens is 266 g/mol. The van der Waals surface area contributed by atoms with E-state index in [0.29, 0.717) is 11.3 Å². The molecule has 0 saturated carbocycles. The van der Waals surface area contributed by atoms with Crippen LogP contribution in [-0.4, -0.2) is 32.0 Å². The summed E-state index contributed by atoms with van der Waals surface area (Å²) < 4.78 is 11.8. The number of benzene rings is 1. The highest BCUT2D eigenvalue weighted by molar-refractivity contribution is 7.85. The molecule has 0 aliphatic heterocycles. The number of alkyl halides is 1. The van der Waals surface area contributed by atoms with E-state index in [1.807, 2.05) is 0 Å². The van der Waals surface area contributed by atoms with Gasteiger partial charge in [-0.25, -0.2) is 0 Å². The van der Waals surface area contributed by atoms with Gasteiger partial charge >= 0.3 is 0 Å². The maximum absolute atomic E-state index is 11.8. The Morgan fingerprint density at radius 2 is 2.00 bits per heavy atom. The van der Waals surface area contributed by atoms with Gasteiger partial charge in [-0.2, -0.15) is 0 Å². The van der Waals surface area contributed by atoms with E-state index < -0.39 is 15.7 Å². The van der Waals surface area contributed by atoms with Crippen LogP contribution in [0.5, 0.6) is 0 Å². The summed E-state index contributed by atoms with van der Waals surface area (Å²) in [7, 11) is -1.30. The fraction of sp³-hybridized carbons (Fsp3) is 0.400. The first kappa shape index (κ1) is 14.1. The van der Waals surface area contributed by atoms with Gasteiger partial charge in [-0.3, -0.25) is 14.3 Å². The van der Waals surface area contributed by atoms with Gasteiger partial charge in [-0.15, -0.1) is 11.6 Å². The molecule has 0 spiro atoms. The van der Waals surface area contributed by atoms with Crippen molar-refractivity contribution in [3.8, 4) is 0 Å². The molecule has 1 aromatic rings. The van der Waals surface area contributed by atoms with E-state index in [-0.39, 0.29) is 23.4 Å². The fourth-order valence-electron chi connectivity index (χ4n) is 1.20. The Hall–Kier alpha value is -0.980. The van der Waals surface area contributed by atoms with Gasteiger partial charge in [0, 0.05) is 34.8 Å². The number of aliphatic hydroxyl groups is 1. The summed E-state index contributed by atoms with van der Waals surface area (Å²) in [6.07, 6.45) is 0.375. The van der Waals surface area contributed by atoms with Crippen molar-refractivity contribution >= 4 is 28.1 Å². The number of nitrogens with zero attached hydrogens (tertiary/aromatic N) is 1. The third-order valence-electron chi connectivity index (χ3n) is 2.08. The van der Waals surface area contributed by atoms with Crippen molar-refractivity contribution in [1.82, 2.24) is 0 Å². The molecule has 1 N–H and O–H groups in total. The molecule has 0 radical (unpaired) electrons. The van der Waals surface area contributed by atoms with Gasteiger partial charge in [0.15, 0.2) is 0 Å². The summed E-state index contributed by atoms with van der Waals surface area (Å²) >= 11 is 5.85. The van der Waals surface area contributed by atoms with Gasteiger partial charge in [0.05, 0.1) is 15.7 Å². The fourth-order valence-corrected chi connectivity index (χ4v) is 2.77. The van der Waals surface area contributed by atoms with Crippen molar-refractivity contribution < 1.29 is 14.2 Å². The molecular formula is C10H12ClNO4S. The number of nitro benzene ring substituents is 1. The minimum atomic E-state index is -1.30. The molecule has 1 aromatic carbocycles. The van der Waals surface area contributed by atoms with Crippen LogP contribution in [0.1, 0.15) is 6.42 Å². The number of hydrogen-bond donors (Lipinski definition) is 1. The standard InChI is InChI=1S/C10H12ClNO4S/c11-8(5-6-13)7-17(16)10-3-1-9(2-4-10)12(14)15/h1-4,8,13H,5-7H2. The highest BCUT2D eigenvalue weighted by atomic mass is 35.5. The Kier molecular flexibility index (Phi) is 5.54. The Morgan fingerprint density at radius 3 is 2.47 bits per heavy atom. The number of rotatable bonds is 6. The highest BCUT2D eigenvalue weighted by Crippen LogP contribution is 2.16. The molecule has 5 nitrogen and oxygen atoms in total. The van der Waals surface area contributed by atoms with E-state index in [1.165, 1.54) is 24.3 Å². The van der Waals surface area contributed by atoms with Gasteiger partial charge in [0.1, 0.15) is 0 Å². The molecule has 0 aliphatic carbocycles. The average Bonchev–Trinajstić information content (AvgIpc) is 2.29. The molecule has 2 atom stereocenters. The molecule has 7 heteroatoms. The van der Waals surface area contributed by atoms with E-state index in [9.17, 15) is 14.3 Å². The van der Waals surface area contributed by atoms with Crippen molar-refractivity contribution in [2.45, 2.75) is 16.7 Å². The molecule has 94 valence electrons. The quantitative estimate of drug-likeness (QED) is 0.487. The molecule has 0 fully saturated rings. The first-order chi connectivity index (χ1) is 8.04. The largest absolute Gasteiger partial charge is 0.396 e. The second-order valence-electron chi connectivity index (χ2n) is 3.37. The second kappa shape index (κ2) is 6.68. The van der Waals surface area contributed by atoms with Gasteiger partial charge in [-0.05, 0) is 18.6 Å². The Labute approximate surface area is 106 Å². The van der Waals surface area contributed by atoms with Crippen LogP contribution in [0, 0.1) is 10.1 Å². The molecule has 17 heavy (non-hydrogen) atoms. The van der Waals surface area contributed by atoms with Crippen LogP contribution < -0.4 is 0 Å². The van der Waals surface area contributed by atoms with Crippen LogP contribution >= 0.6 is 11.6 Å². The van der Waals surface area contributed by atoms with Crippen LogP contribution in [0.25, 0.3) is 0 Å². The smallest absolute Gasteiger partial charge is 0.269 e. The Bertz CT molecular complexity index is 409. The Morgan fingerprint density at radius 1 is 1.41 bits per heavy atom.